The lowest BCUT2D eigenvalue weighted by atomic mass is 10.2. The molecular weight excluding hydrogens is 169 g/mol. The Kier molecular flexibility index (Phi) is 2.23. The summed E-state index contributed by atoms with van der Waals surface area (Å²) in [6.45, 7) is 0. The van der Waals surface area contributed by atoms with Crippen molar-refractivity contribution in [1.82, 2.24) is 5.43 Å². The highest BCUT2D eigenvalue weighted by molar-refractivity contribution is 5.37. The molecule has 0 heterocycles. The lowest BCUT2D eigenvalue weighted by Crippen LogP contribution is -2.07. The second kappa shape index (κ2) is 3.02. The molecular formula is C7H6F3N2. The van der Waals surface area contributed by atoms with Gasteiger partial charge in [-0.3, -0.25) is 0 Å². The fourth-order valence-electron chi connectivity index (χ4n) is 0.736. The normalized spacial score (nSPS) is 11.3. The van der Waals surface area contributed by atoms with Crippen LogP contribution in [0.4, 0.5) is 18.9 Å². The fourth-order valence-corrected chi connectivity index (χ4v) is 0.736. The highest BCUT2D eigenvalue weighted by Crippen LogP contribution is 2.29. The van der Waals surface area contributed by atoms with E-state index in [0.717, 1.165) is 12.1 Å². The van der Waals surface area contributed by atoms with Crippen molar-refractivity contribution in [2.45, 2.75) is 6.18 Å². The zero-order chi connectivity index (χ0) is 9.19. The van der Waals surface area contributed by atoms with Crippen LogP contribution >= 0.6 is 0 Å². The molecule has 2 nitrogen and oxygen atoms in total. The minimum atomic E-state index is -4.30. The molecule has 0 amide bonds. The summed E-state index contributed by atoms with van der Waals surface area (Å²) < 4.78 is 35.9. The Hall–Kier alpha value is -1.23. The van der Waals surface area contributed by atoms with E-state index in [1.54, 1.807) is 0 Å². The Bertz CT molecular complexity index is 252. The standard InChI is InChI=1S/C7H6F3N2/c8-7(9,10)5-1-3-6(12-11)4-2-5/h1-4H,11H2. The lowest BCUT2D eigenvalue weighted by Gasteiger charge is -2.05. The third-order valence-electron chi connectivity index (χ3n) is 1.34. The van der Waals surface area contributed by atoms with Crippen molar-refractivity contribution < 1.29 is 13.2 Å². The molecule has 0 fully saturated rings. The SMILES string of the molecule is N[N]c1ccc(C(F)(F)F)cc1. The number of halogens is 3. The minimum absolute atomic E-state index is 0.322. The predicted octanol–water partition coefficient (Wildman–Crippen LogP) is 1.81. The van der Waals surface area contributed by atoms with Gasteiger partial charge in [-0.05, 0) is 24.3 Å². The Morgan fingerprint density at radius 3 is 1.92 bits per heavy atom. The van der Waals surface area contributed by atoms with Crippen LogP contribution in [-0.2, 0) is 6.18 Å². The van der Waals surface area contributed by atoms with Gasteiger partial charge in [-0.15, -0.1) is 0 Å². The highest BCUT2D eigenvalue weighted by atomic mass is 19.4. The van der Waals surface area contributed by atoms with Crippen molar-refractivity contribution in [2.24, 2.45) is 5.84 Å². The van der Waals surface area contributed by atoms with E-state index >= 15 is 0 Å². The van der Waals surface area contributed by atoms with Gasteiger partial charge in [0.15, 0.2) is 0 Å². The molecule has 0 aliphatic rings. The molecule has 0 spiro atoms. The summed E-state index contributed by atoms with van der Waals surface area (Å²) in [5, 5.41) is 0. The topological polar surface area (TPSA) is 40.1 Å². The molecule has 0 atom stereocenters. The van der Waals surface area contributed by atoms with Gasteiger partial charge in [0, 0.05) is 0 Å². The molecule has 2 N–H and O–H groups in total. The van der Waals surface area contributed by atoms with Gasteiger partial charge < -0.3 is 0 Å². The molecule has 12 heavy (non-hydrogen) atoms. The lowest BCUT2D eigenvalue weighted by molar-refractivity contribution is -0.137. The van der Waals surface area contributed by atoms with Crippen molar-refractivity contribution in [3.05, 3.63) is 29.8 Å². The van der Waals surface area contributed by atoms with Crippen molar-refractivity contribution in [1.29, 1.82) is 0 Å². The maximum Gasteiger partial charge on any atom is 0.416 e. The number of nitrogens with zero attached hydrogens (tertiary/aromatic N) is 1. The summed E-state index contributed by atoms with van der Waals surface area (Å²) in [5.74, 6) is 4.85. The maximum absolute atomic E-state index is 12.0. The van der Waals surface area contributed by atoms with E-state index in [1.165, 1.54) is 12.1 Å². The van der Waals surface area contributed by atoms with E-state index < -0.39 is 11.7 Å². The molecule has 0 aliphatic heterocycles. The third-order valence-corrected chi connectivity index (χ3v) is 1.34. The van der Waals surface area contributed by atoms with Gasteiger partial charge >= 0.3 is 6.18 Å². The second-order valence-corrected chi connectivity index (χ2v) is 2.17. The average molecular weight is 175 g/mol. The first-order chi connectivity index (χ1) is 5.54. The van der Waals surface area contributed by atoms with E-state index in [1.807, 2.05) is 0 Å². The molecule has 0 aromatic heterocycles. The summed E-state index contributed by atoms with van der Waals surface area (Å²) in [6, 6.07) is 4.29. The summed E-state index contributed by atoms with van der Waals surface area (Å²) in [6.07, 6.45) is -4.30. The highest BCUT2D eigenvalue weighted by Gasteiger charge is 2.29. The van der Waals surface area contributed by atoms with Crippen LogP contribution in [0.15, 0.2) is 24.3 Å². The van der Waals surface area contributed by atoms with Crippen LogP contribution in [-0.4, -0.2) is 0 Å². The quantitative estimate of drug-likeness (QED) is 0.513. The first-order valence-electron chi connectivity index (χ1n) is 3.12. The summed E-state index contributed by atoms with van der Waals surface area (Å²) >= 11 is 0. The predicted molar refractivity (Wildman–Crippen MR) is 37.4 cm³/mol. The second-order valence-electron chi connectivity index (χ2n) is 2.17. The molecule has 1 radical (unpaired) electrons. The number of alkyl halides is 3. The van der Waals surface area contributed by atoms with Crippen molar-refractivity contribution in [3.8, 4) is 0 Å². The van der Waals surface area contributed by atoms with Gasteiger partial charge in [0.1, 0.15) is 0 Å². The van der Waals surface area contributed by atoms with Gasteiger partial charge in [-0.1, -0.05) is 0 Å². The first-order valence-corrected chi connectivity index (χ1v) is 3.12. The molecule has 65 valence electrons. The fraction of sp³-hybridized carbons (Fsp3) is 0.143. The first kappa shape index (κ1) is 8.86. The number of hydrogen-bond donors (Lipinski definition) is 1. The van der Waals surface area contributed by atoms with Crippen LogP contribution in [0.3, 0.4) is 0 Å². The van der Waals surface area contributed by atoms with Crippen molar-refractivity contribution in [3.63, 3.8) is 0 Å². The van der Waals surface area contributed by atoms with E-state index in [9.17, 15) is 13.2 Å². The Labute approximate surface area is 67.2 Å². The molecule has 0 unspecified atom stereocenters. The average Bonchev–Trinajstić information content (AvgIpc) is 2.03. The molecule has 1 aromatic rings. The molecule has 0 saturated carbocycles. The number of nitrogens with two attached hydrogens (primary N) is 1. The summed E-state index contributed by atoms with van der Waals surface area (Å²) in [7, 11) is 0. The Morgan fingerprint density at radius 2 is 1.58 bits per heavy atom. The van der Waals surface area contributed by atoms with E-state index in [-0.39, 0.29) is 0 Å². The largest absolute Gasteiger partial charge is 0.416 e. The molecule has 1 rings (SSSR count). The number of rotatable bonds is 1. The van der Waals surface area contributed by atoms with Gasteiger partial charge in [-0.25, -0.2) is 11.3 Å². The number of hydrogen-bond acceptors (Lipinski definition) is 1. The van der Waals surface area contributed by atoms with Crippen LogP contribution < -0.4 is 11.3 Å². The van der Waals surface area contributed by atoms with E-state index in [2.05, 4.69) is 5.43 Å². The van der Waals surface area contributed by atoms with Crippen LogP contribution in [0, 0.1) is 0 Å². The van der Waals surface area contributed by atoms with E-state index in [4.69, 9.17) is 5.84 Å². The van der Waals surface area contributed by atoms with E-state index in [0.29, 0.717) is 5.69 Å². The number of benzene rings is 1. The molecule has 0 aliphatic carbocycles. The minimum Gasteiger partial charge on any atom is -0.227 e. The zero-order valence-corrected chi connectivity index (χ0v) is 5.97. The van der Waals surface area contributed by atoms with Crippen molar-refractivity contribution in [2.75, 3.05) is 0 Å². The summed E-state index contributed by atoms with van der Waals surface area (Å²) in [5.41, 5.74) is 2.85. The molecule has 1 aromatic carbocycles. The monoisotopic (exact) mass is 175 g/mol. The third kappa shape index (κ3) is 1.88. The maximum atomic E-state index is 12.0. The van der Waals surface area contributed by atoms with Gasteiger partial charge in [0.2, 0.25) is 0 Å². The van der Waals surface area contributed by atoms with Crippen LogP contribution in [0.5, 0.6) is 0 Å². The van der Waals surface area contributed by atoms with Crippen LogP contribution in [0.25, 0.3) is 0 Å². The molecule has 0 bridgehead atoms. The smallest absolute Gasteiger partial charge is 0.227 e. The van der Waals surface area contributed by atoms with Crippen molar-refractivity contribution >= 4 is 5.69 Å². The zero-order valence-electron chi connectivity index (χ0n) is 5.97. The van der Waals surface area contributed by atoms with Gasteiger partial charge in [0.25, 0.3) is 0 Å². The van der Waals surface area contributed by atoms with Crippen LogP contribution in [0.1, 0.15) is 5.56 Å². The van der Waals surface area contributed by atoms with Gasteiger partial charge in [0.05, 0.1) is 11.3 Å². The molecule has 0 saturated heterocycles. The molecule has 5 heteroatoms. The van der Waals surface area contributed by atoms with Gasteiger partial charge in [-0.2, -0.15) is 13.2 Å². The summed E-state index contributed by atoms with van der Waals surface area (Å²) in [4.78, 5) is 0. The van der Waals surface area contributed by atoms with Crippen LogP contribution in [0.2, 0.25) is 0 Å². The Balaban J connectivity index is 2.93. The Morgan fingerprint density at radius 1 is 1.08 bits per heavy atom.